The van der Waals surface area contributed by atoms with Crippen LogP contribution in [-0.2, 0) is 36.8 Å². The van der Waals surface area contributed by atoms with Crippen LogP contribution < -0.4 is 20.1 Å². The van der Waals surface area contributed by atoms with Crippen molar-refractivity contribution in [3.8, 4) is 5.19 Å². The average molecular weight is 828 g/mol. The lowest BCUT2D eigenvalue weighted by Gasteiger charge is -2.30. The van der Waals surface area contributed by atoms with E-state index in [0.717, 1.165) is 9.60 Å². The largest absolute Gasteiger partial charge is 0.465 e. The third-order valence-electron chi connectivity index (χ3n) is 10.9. The normalized spacial score (nSPS) is 27.0. The van der Waals surface area contributed by atoms with E-state index < -0.39 is 91.3 Å². The van der Waals surface area contributed by atoms with Gasteiger partial charge in [-0.1, -0.05) is 48.5 Å². The van der Waals surface area contributed by atoms with E-state index in [9.17, 15) is 49.1 Å². The molecular weight excluding hydrogens is 789 g/mol. The molecule has 302 valence electrons. The van der Waals surface area contributed by atoms with Gasteiger partial charge < -0.3 is 20.3 Å². The zero-order valence-corrected chi connectivity index (χ0v) is 31.6. The van der Waals surface area contributed by atoms with Gasteiger partial charge in [-0.05, 0) is 75.8 Å². The Kier molecular flexibility index (Phi) is 10.3. The average Bonchev–Trinajstić information content (AvgIpc) is 3.93. The molecular formula is C37H39F6N5O6S2. The Bertz CT molecular complexity index is 2110. The summed E-state index contributed by atoms with van der Waals surface area (Å²) in [5.41, 5.74) is -4.72. The van der Waals surface area contributed by atoms with Crippen LogP contribution in [0.2, 0.25) is 0 Å². The van der Waals surface area contributed by atoms with Gasteiger partial charge in [-0.3, -0.25) is 19.1 Å². The second-order valence-corrected chi connectivity index (χ2v) is 18.3. The number of benzene rings is 2. The van der Waals surface area contributed by atoms with Crippen molar-refractivity contribution in [1.29, 1.82) is 0 Å². The van der Waals surface area contributed by atoms with Crippen molar-refractivity contribution >= 4 is 55.0 Å². The fraction of sp³-hybridized carbons (Fsp3) is 0.514. The number of fused-ring (bicyclic) bond motifs is 3. The van der Waals surface area contributed by atoms with E-state index in [1.165, 1.54) is 18.3 Å². The molecule has 7 rings (SSSR count). The van der Waals surface area contributed by atoms with E-state index in [-0.39, 0.29) is 37.1 Å². The number of rotatable bonds is 7. The number of halogens is 6. The first kappa shape index (κ1) is 39.8. The van der Waals surface area contributed by atoms with Gasteiger partial charge in [-0.2, -0.15) is 26.3 Å². The lowest BCUT2D eigenvalue weighted by molar-refractivity contribution is -0.143. The number of carbonyl (C=O) groups excluding carboxylic acids is 3. The van der Waals surface area contributed by atoms with Gasteiger partial charge in [-0.15, -0.1) is 0 Å². The second-order valence-electron chi connectivity index (χ2n) is 15.1. The molecule has 3 amide bonds. The molecule has 2 aliphatic heterocycles. The minimum Gasteiger partial charge on any atom is -0.465 e. The minimum absolute atomic E-state index is 0.0000274. The number of anilines is 1. The molecule has 0 bridgehead atoms. The Labute approximate surface area is 322 Å². The fourth-order valence-corrected chi connectivity index (χ4v) is 9.42. The first-order valence-electron chi connectivity index (χ1n) is 18.2. The van der Waals surface area contributed by atoms with Gasteiger partial charge in [0.25, 0.3) is 11.1 Å². The molecule has 3 heterocycles. The van der Waals surface area contributed by atoms with Crippen LogP contribution >= 0.6 is 11.3 Å². The van der Waals surface area contributed by atoms with Gasteiger partial charge >= 0.3 is 12.4 Å². The van der Waals surface area contributed by atoms with Gasteiger partial charge in [0.15, 0.2) is 0 Å². The molecule has 1 aromatic heterocycles. The SMILES string of the molecule is CC1(S(=O)(=O)NC(=O)[C@@]23C[C@H]2C=CCCCCC[C@H](Nc2cc(C(F)(F)F)cc(C(F)(F)F)c2)C(=O)N2C[C@H](Oc4nc5ccccc5s4)C[C@H]2C(=O)N3)CC1. The van der Waals surface area contributed by atoms with Crippen LogP contribution in [0.5, 0.6) is 5.19 Å². The number of nitrogens with zero attached hydrogens (tertiary/aromatic N) is 2. The zero-order chi connectivity index (χ0) is 40.3. The highest BCUT2D eigenvalue weighted by Gasteiger charge is 2.63. The number of alkyl halides is 6. The molecule has 3 fully saturated rings. The Morgan fingerprint density at radius 1 is 1.02 bits per heavy atom. The van der Waals surface area contributed by atoms with Crippen LogP contribution in [0.3, 0.4) is 0 Å². The summed E-state index contributed by atoms with van der Waals surface area (Å²) < 4.78 is 117. The number of aromatic nitrogens is 1. The van der Waals surface area contributed by atoms with Crippen molar-refractivity contribution in [3.05, 3.63) is 65.7 Å². The summed E-state index contributed by atoms with van der Waals surface area (Å²) in [6, 6.07) is 5.52. The highest BCUT2D eigenvalue weighted by atomic mass is 32.2. The number of ether oxygens (including phenoxy) is 1. The smallest absolute Gasteiger partial charge is 0.416 e. The molecule has 0 unspecified atom stereocenters. The van der Waals surface area contributed by atoms with Crippen LogP contribution in [0.15, 0.2) is 54.6 Å². The number of sulfonamides is 1. The highest BCUT2D eigenvalue weighted by Crippen LogP contribution is 2.48. The summed E-state index contributed by atoms with van der Waals surface area (Å²) in [4.78, 5) is 48.2. The van der Waals surface area contributed by atoms with Crippen LogP contribution in [0.1, 0.15) is 75.8 Å². The van der Waals surface area contributed by atoms with E-state index in [2.05, 4.69) is 20.3 Å². The zero-order valence-electron chi connectivity index (χ0n) is 30.0. The third-order valence-corrected chi connectivity index (χ3v) is 14.0. The van der Waals surface area contributed by atoms with Crippen LogP contribution in [-0.4, -0.2) is 71.0 Å². The van der Waals surface area contributed by atoms with Gasteiger partial charge in [0.2, 0.25) is 21.8 Å². The van der Waals surface area contributed by atoms with E-state index in [0.29, 0.717) is 56.2 Å². The van der Waals surface area contributed by atoms with E-state index in [4.69, 9.17) is 4.74 Å². The number of thiazole rings is 1. The minimum atomic E-state index is -5.13. The predicted octanol–water partition coefficient (Wildman–Crippen LogP) is 6.56. The summed E-state index contributed by atoms with van der Waals surface area (Å²) in [7, 11) is -4.09. The fourth-order valence-electron chi connectivity index (χ4n) is 7.23. The number of hydrogen-bond donors (Lipinski definition) is 3. The molecule has 56 heavy (non-hydrogen) atoms. The topological polar surface area (TPSA) is 147 Å². The van der Waals surface area contributed by atoms with Crippen LogP contribution in [0.25, 0.3) is 10.2 Å². The first-order chi connectivity index (χ1) is 26.3. The monoisotopic (exact) mass is 827 g/mol. The number of amides is 3. The van der Waals surface area contributed by atoms with Crippen molar-refractivity contribution in [2.75, 3.05) is 11.9 Å². The standard InChI is InChI=1S/C37H39F6N5O6S2/c1-34(13-14-34)56(52,53)47-32(51)35-19-21(35)9-5-3-2-4-6-11-27(44-24-16-22(36(38,39)40)15-23(17-24)37(41,42)43)31(50)48-20-25(18-28(48)30(49)46-35)54-33-45-26-10-7-8-12-29(26)55-33/h5,7-10,12,15-17,21,25,27-28,44H,2-4,6,11,13-14,18-20H2,1H3,(H,46,49)(H,47,51)/t21-,25-,27+,28+,35-/m1/s1. The molecule has 3 N–H and O–H groups in total. The molecule has 3 aromatic rings. The highest BCUT2D eigenvalue weighted by molar-refractivity contribution is 7.91. The van der Waals surface area contributed by atoms with Gasteiger partial charge in [0.1, 0.15) is 23.7 Å². The van der Waals surface area contributed by atoms with Crippen LogP contribution in [0, 0.1) is 5.92 Å². The molecule has 2 aliphatic carbocycles. The lowest BCUT2D eigenvalue weighted by atomic mass is 10.0. The number of allylic oxidation sites excluding steroid dienone is 1. The molecule has 11 nitrogen and oxygen atoms in total. The lowest BCUT2D eigenvalue weighted by Crippen LogP contribution is -2.58. The van der Waals surface area contributed by atoms with Gasteiger partial charge in [-0.25, -0.2) is 13.4 Å². The van der Waals surface area contributed by atoms with Crippen molar-refractivity contribution < 1.29 is 53.9 Å². The quantitative estimate of drug-likeness (QED) is 0.180. The Hall–Kier alpha value is -4.39. The van der Waals surface area contributed by atoms with Crippen molar-refractivity contribution in [2.45, 2.75) is 106 Å². The molecule has 2 saturated carbocycles. The van der Waals surface area contributed by atoms with Crippen molar-refractivity contribution in [1.82, 2.24) is 19.9 Å². The predicted molar refractivity (Wildman–Crippen MR) is 194 cm³/mol. The Balaban J connectivity index is 1.22. The molecule has 4 aliphatic rings. The first-order valence-corrected chi connectivity index (χ1v) is 20.5. The van der Waals surface area contributed by atoms with E-state index in [1.807, 2.05) is 18.2 Å². The van der Waals surface area contributed by atoms with E-state index >= 15 is 0 Å². The number of nitrogens with one attached hydrogen (secondary N) is 3. The Morgan fingerprint density at radius 2 is 1.71 bits per heavy atom. The number of para-hydroxylation sites is 1. The summed E-state index contributed by atoms with van der Waals surface area (Å²) in [5, 5.41) is 5.61. The van der Waals surface area contributed by atoms with Crippen molar-refractivity contribution in [2.24, 2.45) is 5.92 Å². The summed E-state index contributed by atoms with van der Waals surface area (Å²) >= 11 is 1.23. The summed E-state index contributed by atoms with van der Waals surface area (Å²) in [6.07, 6.45) is -4.84. The number of hydrogen-bond acceptors (Lipinski definition) is 9. The summed E-state index contributed by atoms with van der Waals surface area (Å²) in [5.74, 6) is -3.06. The Morgan fingerprint density at radius 3 is 2.38 bits per heavy atom. The molecule has 1 saturated heterocycles. The maximum atomic E-state index is 14.5. The van der Waals surface area contributed by atoms with Crippen molar-refractivity contribution in [3.63, 3.8) is 0 Å². The molecule has 19 heteroatoms. The van der Waals surface area contributed by atoms with Crippen LogP contribution in [0.4, 0.5) is 32.0 Å². The summed E-state index contributed by atoms with van der Waals surface area (Å²) in [6.45, 7) is 1.30. The third kappa shape index (κ3) is 8.19. The molecule has 0 radical (unpaired) electrons. The van der Waals surface area contributed by atoms with Gasteiger partial charge in [0.05, 0.1) is 32.6 Å². The van der Waals surface area contributed by atoms with E-state index in [1.54, 1.807) is 18.2 Å². The maximum Gasteiger partial charge on any atom is 0.416 e. The number of carbonyl (C=O) groups is 3. The van der Waals surface area contributed by atoms with Gasteiger partial charge in [0, 0.05) is 18.0 Å². The maximum absolute atomic E-state index is 14.5. The second kappa shape index (κ2) is 14.5. The molecule has 5 atom stereocenters. The molecule has 0 spiro atoms. The molecule has 2 aromatic carbocycles.